The van der Waals surface area contributed by atoms with Crippen molar-refractivity contribution in [3.8, 4) is 0 Å². The first-order valence-electron chi connectivity index (χ1n) is 8.18. The Bertz CT molecular complexity index is 811. The number of aromatic nitrogens is 1. The molecule has 1 N–H and O–H groups in total. The average Bonchev–Trinajstić information content (AvgIpc) is 3.21. The fraction of sp³-hybridized carbons (Fsp3) is 0.333. The molecular formula is C18H20N4O2S. The van der Waals surface area contributed by atoms with E-state index >= 15 is 0 Å². The van der Waals surface area contributed by atoms with Gasteiger partial charge in [-0.05, 0) is 38.0 Å². The Morgan fingerprint density at radius 1 is 1.36 bits per heavy atom. The molecular weight excluding hydrogens is 336 g/mol. The molecule has 130 valence electrons. The molecule has 0 aliphatic carbocycles. The van der Waals surface area contributed by atoms with Crippen LogP contribution in [0.15, 0.2) is 34.7 Å². The van der Waals surface area contributed by atoms with E-state index in [2.05, 4.69) is 15.5 Å². The summed E-state index contributed by atoms with van der Waals surface area (Å²) in [6.45, 7) is 4.51. The lowest BCUT2D eigenvalue weighted by atomic mass is 10.1. The second-order valence-electron chi connectivity index (χ2n) is 5.99. The molecule has 2 aromatic rings. The van der Waals surface area contributed by atoms with Crippen LogP contribution in [0.25, 0.3) is 0 Å². The molecule has 0 saturated carbocycles. The molecule has 1 aromatic heterocycles. The molecule has 0 spiro atoms. The van der Waals surface area contributed by atoms with Gasteiger partial charge in [-0.2, -0.15) is 5.10 Å². The lowest BCUT2D eigenvalue weighted by Crippen LogP contribution is -2.23. The van der Waals surface area contributed by atoms with Crippen LogP contribution < -0.4 is 10.3 Å². The molecule has 1 saturated heterocycles. The number of hydrogen-bond donors (Lipinski definition) is 1. The molecule has 1 aliphatic heterocycles. The van der Waals surface area contributed by atoms with E-state index in [-0.39, 0.29) is 18.2 Å². The standard InChI is InChI=1S/C18H20N4O2S/c1-12-11-25-17(19-12)10-16(23)21-20-13(2)14-5-7-15(8-6-14)22-9-3-4-18(22)24/h5-8,11H,3-4,9-10H2,1-2H3,(H,21,23)/b20-13-. The topological polar surface area (TPSA) is 74.7 Å². The van der Waals surface area contributed by atoms with E-state index in [1.165, 1.54) is 11.3 Å². The minimum atomic E-state index is -0.187. The maximum Gasteiger partial charge on any atom is 0.246 e. The summed E-state index contributed by atoms with van der Waals surface area (Å²) in [6.07, 6.45) is 1.75. The molecule has 7 heteroatoms. The third-order valence-electron chi connectivity index (χ3n) is 4.00. The van der Waals surface area contributed by atoms with E-state index in [0.717, 1.165) is 34.9 Å². The van der Waals surface area contributed by atoms with Crippen LogP contribution in [0.2, 0.25) is 0 Å². The monoisotopic (exact) mass is 356 g/mol. The Kier molecular flexibility index (Phi) is 5.23. The lowest BCUT2D eigenvalue weighted by molar-refractivity contribution is -0.120. The van der Waals surface area contributed by atoms with Crippen molar-refractivity contribution < 1.29 is 9.59 Å². The van der Waals surface area contributed by atoms with Gasteiger partial charge in [0.2, 0.25) is 11.8 Å². The number of carbonyl (C=O) groups is 2. The SMILES string of the molecule is C/C(=N/NC(=O)Cc1nc(C)cs1)c1ccc(N2CCCC2=O)cc1. The van der Waals surface area contributed by atoms with E-state index in [9.17, 15) is 9.59 Å². The van der Waals surface area contributed by atoms with Gasteiger partial charge in [-0.3, -0.25) is 9.59 Å². The summed E-state index contributed by atoms with van der Waals surface area (Å²) in [4.78, 5) is 29.8. The molecule has 3 rings (SSSR count). The van der Waals surface area contributed by atoms with Gasteiger partial charge in [-0.1, -0.05) is 12.1 Å². The van der Waals surface area contributed by atoms with Crippen molar-refractivity contribution in [3.63, 3.8) is 0 Å². The second kappa shape index (κ2) is 7.57. The summed E-state index contributed by atoms with van der Waals surface area (Å²) >= 11 is 1.47. The van der Waals surface area contributed by atoms with Gasteiger partial charge in [0.25, 0.3) is 0 Å². The normalized spacial score (nSPS) is 14.9. The van der Waals surface area contributed by atoms with Gasteiger partial charge in [0.15, 0.2) is 0 Å². The van der Waals surface area contributed by atoms with E-state index in [0.29, 0.717) is 12.1 Å². The summed E-state index contributed by atoms with van der Waals surface area (Å²) in [7, 11) is 0. The van der Waals surface area contributed by atoms with Crippen molar-refractivity contribution >= 4 is 34.6 Å². The molecule has 0 radical (unpaired) electrons. The molecule has 2 amide bonds. The molecule has 1 aromatic carbocycles. The largest absolute Gasteiger partial charge is 0.312 e. The minimum Gasteiger partial charge on any atom is -0.312 e. The predicted molar refractivity (Wildman–Crippen MR) is 98.9 cm³/mol. The number of carbonyl (C=O) groups excluding carboxylic acids is 2. The zero-order chi connectivity index (χ0) is 17.8. The highest BCUT2D eigenvalue weighted by Gasteiger charge is 2.21. The molecule has 0 bridgehead atoms. The van der Waals surface area contributed by atoms with Crippen molar-refractivity contribution in [2.45, 2.75) is 33.1 Å². The smallest absolute Gasteiger partial charge is 0.246 e. The quantitative estimate of drug-likeness (QED) is 0.661. The van der Waals surface area contributed by atoms with E-state index in [1.807, 2.05) is 43.5 Å². The maximum absolute atomic E-state index is 11.9. The Hall–Kier alpha value is -2.54. The summed E-state index contributed by atoms with van der Waals surface area (Å²) in [5.41, 5.74) is 6.01. The second-order valence-corrected chi connectivity index (χ2v) is 6.93. The Morgan fingerprint density at radius 3 is 2.72 bits per heavy atom. The minimum absolute atomic E-state index is 0.169. The zero-order valence-corrected chi connectivity index (χ0v) is 15.1. The van der Waals surface area contributed by atoms with Gasteiger partial charge in [-0.25, -0.2) is 10.4 Å². The number of nitrogens with one attached hydrogen (secondary N) is 1. The maximum atomic E-state index is 11.9. The summed E-state index contributed by atoms with van der Waals surface area (Å²) in [5.74, 6) is -0.0178. The first kappa shape index (κ1) is 17.3. The van der Waals surface area contributed by atoms with Crippen LogP contribution >= 0.6 is 11.3 Å². The van der Waals surface area contributed by atoms with Crippen LogP contribution in [0.3, 0.4) is 0 Å². The Morgan fingerprint density at radius 2 is 2.12 bits per heavy atom. The molecule has 0 unspecified atom stereocenters. The number of amides is 2. The lowest BCUT2D eigenvalue weighted by Gasteiger charge is -2.15. The van der Waals surface area contributed by atoms with E-state index < -0.39 is 0 Å². The highest BCUT2D eigenvalue weighted by atomic mass is 32.1. The zero-order valence-electron chi connectivity index (χ0n) is 14.3. The van der Waals surface area contributed by atoms with Crippen LogP contribution in [0.1, 0.15) is 36.0 Å². The highest BCUT2D eigenvalue weighted by molar-refractivity contribution is 7.09. The van der Waals surface area contributed by atoms with Crippen molar-refractivity contribution in [1.29, 1.82) is 0 Å². The molecule has 25 heavy (non-hydrogen) atoms. The van der Waals surface area contributed by atoms with Gasteiger partial charge >= 0.3 is 0 Å². The van der Waals surface area contributed by atoms with Crippen LogP contribution in [0.5, 0.6) is 0 Å². The van der Waals surface area contributed by atoms with Gasteiger partial charge in [0.05, 0.1) is 12.1 Å². The Balaban J connectivity index is 1.60. The summed E-state index contributed by atoms with van der Waals surface area (Å²) < 4.78 is 0. The fourth-order valence-corrected chi connectivity index (χ4v) is 3.45. The first-order valence-corrected chi connectivity index (χ1v) is 9.06. The van der Waals surface area contributed by atoms with Gasteiger partial charge < -0.3 is 4.90 Å². The van der Waals surface area contributed by atoms with Crippen molar-refractivity contribution in [2.24, 2.45) is 5.10 Å². The van der Waals surface area contributed by atoms with Crippen LogP contribution in [-0.2, 0) is 16.0 Å². The number of benzene rings is 1. The molecule has 6 nitrogen and oxygen atoms in total. The number of aryl methyl sites for hydroxylation is 1. The Labute approximate surface area is 150 Å². The average molecular weight is 356 g/mol. The molecule has 1 aliphatic rings. The van der Waals surface area contributed by atoms with E-state index in [1.54, 1.807) is 4.90 Å². The number of thiazole rings is 1. The number of hydrazone groups is 1. The van der Waals surface area contributed by atoms with Gasteiger partial charge in [-0.15, -0.1) is 11.3 Å². The van der Waals surface area contributed by atoms with Gasteiger partial charge in [0, 0.05) is 29.7 Å². The third-order valence-corrected chi connectivity index (χ3v) is 4.96. The summed E-state index contributed by atoms with van der Waals surface area (Å²) in [5, 5.41) is 6.85. The first-order chi connectivity index (χ1) is 12.0. The fourth-order valence-electron chi connectivity index (χ4n) is 2.68. The number of nitrogens with zero attached hydrogens (tertiary/aromatic N) is 3. The summed E-state index contributed by atoms with van der Waals surface area (Å²) in [6, 6.07) is 7.65. The van der Waals surface area contributed by atoms with E-state index in [4.69, 9.17) is 0 Å². The number of rotatable bonds is 5. The molecule has 2 heterocycles. The molecule has 1 fully saturated rings. The highest BCUT2D eigenvalue weighted by Crippen LogP contribution is 2.21. The van der Waals surface area contributed by atoms with Crippen molar-refractivity contribution in [2.75, 3.05) is 11.4 Å². The number of anilines is 1. The van der Waals surface area contributed by atoms with Crippen LogP contribution in [-0.4, -0.2) is 29.1 Å². The third kappa shape index (κ3) is 4.30. The van der Waals surface area contributed by atoms with Crippen molar-refractivity contribution in [3.05, 3.63) is 45.9 Å². The molecule has 0 atom stereocenters. The van der Waals surface area contributed by atoms with Crippen LogP contribution in [0.4, 0.5) is 5.69 Å². The predicted octanol–water partition coefficient (Wildman–Crippen LogP) is 2.66. The van der Waals surface area contributed by atoms with Crippen LogP contribution in [0, 0.1) is 6.92 Å². The van der Waals surface area contributed by atoms with Crippen molar-refractivity contribution in [1.82, 2.24) is 10.4 Å². The van der Waals surface area contributed by atoms with Gasteiger partial charge in [0.1, 0.15) is 5.01 Å². The number of hydrogen-bond acceptors (Lipinski definition) is 5.